The average molecular weight is 484 g/mol. The molecule has 2 N–H and O–H groups in total. The highest BCUT2D eigenvalue weighted by Gasteiger charge is 2.36. The zero-order valence-corrected chi connectivity index (χ0v) is 19.6. The van der Waals surface area contributed by atoms with E-state index < -0.39 is 0 Å². The molecule has 0 radical (unpaired) electrons. The molecule has 34 heavy (non-hydrogen) atoms. The van der Waals surface area contributed by atoms with Crippen LogP contribution in [0.25, 0.3) is 0 Å². The fourth-order valence-electron chi connectivity index (χ4n) is 4.42. The van der Waals surface area contributed by atoms with Crippen LogP contribution in [-0.2, 0) is 24.3 Å². The van der Waals surface area contributed by atoms with E-state index in [1.54, 1.807) is 24.3 Å². The Kier molecular flexibility index (Phi) is 8.27. The van der Waals surface area contributed by atoms with E-state index in [9.17, 15) is 13.6 Å². The summed E-state index contributed by atoms with van der Waals surface area (Å²) in [4.78, 5) is 15.2. The maximum absolute atomic E-state index is 13.9. The minimum absolute atomic E-state index is 0.0739. The van der Waals surface area contributed by atoms with Gasteiger partial charge in [0, 0.05) is 37.2 Å². The highest BCUT2D eigenvalue weighted by atomic mass is 35.5. The average Bonchev–Trinajstić information content (AvgIpc) is 3.22. The van der Waals surface area contributed by atoms with E-state index in [0.717, 1.165) is 11.1 Å². The van der Waals surface area contributed by atoms with Crippen molar-refractivity contribution in [2.45, 2.75) is 38.0 Å². The number of carbonyl (C=O) groups excluding carboxylic acids is 1. The topological polar surface area (TPSA) is 44.4 Å². The number of hydrogen-bond acceptors (Lipinski definition) is 3. The predicted molar refractivity (Wildman–Crippen MR) is 130 cm³/mol. The van der Waals surface area contributed by atoms with Crippen LogP contribution in [0, 0.1) is 11.6 Å². The van der Waals surface area contributed by atoms with Gasteiger partial charge >= 0.3 is 0 Å². The van der Waals surface area contributed by atoms with Gasteiger partial charge in [-0.2, -0.15) is 0 Å². The van der Waals surface area contributed by atoms with Gasteiger partial charge in [0.25, 0.3) is 0 Å². The van der Waals surface area contributed by atoms with Gasteiger partial charge in [-0.25, -0.2) is 8.78 Å². The summed E-state index contributed by atoms with van der Waals surface area (Å²) in [6.07, 6.45) is 1.06. The van der Waals surface area contributed by atoms with Crippen LogP contribution in [-0.4, -0.2) is 36.0 Å². The van der Waals surface area contributed by atoms with Crippen LogP contribution >= 0.6 is 11.6 Å². The number of halogens is 3. The van der Waals surface area contributed by atoms with E-state index in [1.165, 1.54) is 18.2 Å². The number of hydrogen-bond donors (Lipinski definition) is 2. The van der Waals surface area contributed by atoms with Crippen molar-refractivity contribution in [3.05, 3.63) is 106 Å². The van der Waals surface area contributed by atoms with Crippen molar-refractivity contribution in [2.24, 2.45) is 0 Å². The van der Waals surface area contributed by atoms with Crippen LogP contribution < -0.4 is 10.6 Å². The lowest BCUT2D eigenvalue weighted by atomic mass is 10.1. The van der Waals surface area contributed by atoms with Crippen molar-refractivity contribution in [2.75, 3.05) is 13.1 Å². The largest absolute Gasteiger partial charge is 0.354 e. The standard InChI is InChI=1S/C27H28ClF2N3O/c28-22-8-3-6-20(13-22)17-33-18-24(32-16-19-5-4-9-23(29)14-19)15-26(33)27(34)31-12-11-21-7-1-2-10-25(21)30/h1-10,13-14,24,26,32H,11-12,15-18H2,(H,31,34)/t24-,26-/m0/s1. The molecule has 4 rings (SSSR count). The molecule has 178 valence electrons. The van der Waals surface area contributed by atoms with Crippen LogP contribution in [0.4, 0.5) is 8.78 Å². The fourth-order valence-corrected chi connectivity index (χ4v) is 4.63. The molecule has 1 aliphatic heterocycles. The zero-order chi connectivity index (χ0) is 23.9. The first-order valence-electron chi connectivity index (χ1n) is 11.5. The van der Waals surface area contributed by atoms with Crippen molar-refractivity contribution in [3.63, 3.8) is 0 Å². The van der Waals surface area contributed by atoms with Gasteiger partial charge in [-0.1, -0.05) is 54.1 Å². The van der Waals surface area contributed by atoms with E-state index >= 15 is 0 Å². The molecular weight excluding hydrogens is 456 g/mol. The number of benzene rings is 3. The lowest BCUT2D eigenvalue weighted by Gasteiger charge is -2.23. The minimum Gasteiger partial charge on any atom is -0.354 e. The van der Waals surface area contributed by atoms with Crippen LogP contribution in [0.2, 0.25) is 5.02 Å². The molecule has 7 heteroatoms. The van der Waals surface area contributed by atoms with Gasteiger partial charge in [-0.3, -0.25) is 9.69 Å². The van der Waals surface area contributed by atoms with E-state index in [2.05, 4.69) is 15.5 Å². The smallest absolute Gasteiger partial charge is 0.237 e. The molecule has 1 fully saturated rings. The summed E-state index contributed by atoms with van der Waals surface area (Å²) >= 11 is 6.16. The Morgan fingerprint density at radius 1 is 1.00 bits per heavy atom. The van der Waals surface area contributed by atoms with Crippen LogP contribution in [0.15, 0.2) is 72.8 Å². The summed E-state index contributed by atoms with van der Waals surface area (Å²) in [6.45, 7) is 2.15. The molecule has 0 saturated carbocycles. The maximum Gasteiger partial charge on any atom is 0.237 e. The number of amides is 1. The monoisotopic (exact) mass is 483 g/mol. The maximum atomic E-state index is 13.9. The normalized spacial score (nSPS) is 18.2. The van der Waals surface area contributed by atoms with Crippen molar-refractivity contribution in [3.8, 4) is 0 Å². The highest BCUT2D eigenvalue weighted by molar-refractivity contribution is 6.30. The van der Waals surface area contributed by atoms with Crippen molar-refractivity contribution >= 4 is 17.5 Å². The lowest BCUT2D eigenvalue weighted by molar-refractivity contribution is -0.125. The van der Waals surface area contributed by atoms with Gasteiger partial charge in [0.1, 0.15) is 11.6 Å². The molecule has 1 amide bonds. The SMILES string of the molecule is O=C(NCCc1ccccc1F)[C@@H]1C[C@H](NCc2cccc(F)c2)CN1Cc1cccc(Cl)c1. The first kappa shape index (κ1) is 24.3. The van der Waals surface area contributed by atoms with Crippen molar-refractivity contribution in [1.82, 2.24) is 15.5 Å². The quantitative estimate of drug-likeness (QED) is 0.463. The Morgan fingerprint density at radius 2 is 1.79 bits per heavy atom. The number of nitrogens with zero attached hydrogens (tertiary/aromatic N) is 1. The third-order valence-electron chi connectivity index (χ3n) is 6.12. The van der Waals surface area contributed by atoms with Gasteiger partial charge in [-0.05, 0) is 59.9 Å². The van der Waals surface area contributed by atoms with Gasteiger partial charge < -0.3 is 10.6 Å². The second-order valence-corrected chi connectivity index (χ2v) is 9.09. The number of rotatable bonds is 9. The summed E-state index contributed by atoms with van der Waals surface area (Å²) in [5.74, 6) is -0.601. The Bertz CT molecular complexity index is 1130. The first-order valence-corrected chi connectivity index (χ1v) is 11.8. The molecule has 0 spiro atoms. The Labute approximate surface area is 203 Å². The second-order valence-electron chi connectivity index (χ2n) is 8.65. The predicted octanol–water partition coefficient (Wildman–Crippen LogP) is 4.71. The Balaban J connectivity index is 1.39. The summed E-state index contributed by atoms with van der Waals surface area (Å²) in [6, 6.07) is 20.5. The van der Waals surface area contributed by atoms with Gasteiger partial charge in [-0.15, -0.1) is 0 Å². The third kappa shape index (κ3) is 6.63. The summed E-state index contributed by atoms with van der Waals surface area (Å²) < 4.78 is 27.4. The molecule has 0 aliphatic carbocycles. The van der Waals surface area contributed by atoms with Crippen molar-refractivity contribution in [1.29, 1.82) is 0 Å². The van der Waals surface area contributed by atoms with E-state index in [4.69, 9.17) is 11.6 Å². The van der Waals surface area contributed by atoms with E-state index in [-0.39, 0.29) is 29.6 Å². The molecule has 0 unspecified atom stereocenters. The molecule has 1 heterocycles. The molecule has 3 aromatic carbocycles. The third-order valence-corrected chi connectivity index (χ3v) is 6.35. The number of likely N-dealkylation sites (tertiary alicyclic amines) is 1. The van der Waals surface area contributed by atoms with Gasteiger partial charge in [0.2, 0.25) is 5.91 Å². The van der Waals surface area contributed by atoms with Crippen LogP contribution in [0.5, 0.6) is 0 Å². The van der Waals surface area contributed by atoms with Crippen LogP contribution in [0.3, 0.4) is 0 Å². The highest BCUT2D eigenvalue weighted by Crippen LogP contribution is 2.23. The van der Waals surface area contributed by atoms with Gasteiger partial charge in [0.15, 0.2) is 0 Å². The molecule has 1 saturated heterocycles. The number of carbonyl (C=O) groups is 1. The van der Waals surface area contributed by atoms with Gasteiger partial charge in [0.05, 0.1) is 6.04 Å². The molecular formula is C27H28ClF2N3O. The Morgan fingerprint density at radius 3 is 2.59 bits per heavy atom. The molecule has 0 bridgehead atoms. The summed E-state index contributed by atoms with van der Waals surface area (Å²) in [7, 11) is 0. The van der Waals surface area contributed by atoms with E-state index in [0.29, 0.717) is 49.6 Å². The summed E-state index contributed by atoms with van der Waals surface area (Å²) in [5.41, 5.74) is 2.47. The Hall–Kier alpha value is -2.80. The lowest BCUT2D eigenvalue weighted by Crippen LogP contribution is -2.43. The van der Waals surface area contributed by atoms with Crippen LogP contribution in [0.1, 0.15) is 23.1 Å². The fraction of sp³-hybridized carbons (Fsp3) is 0.296. The zero-order valence-electron chi connectivity index (χ0n) is 18.8. The van der Waals surface area contributed by atoms with E-state index in [1.807, 2.05) is 30.3 Å². The molecule has 2 atom stereocenters. The summed E-state index contributed by atoms with van der Waals surface area (Å²) in [5, 5.41) is 7.10. The minimum atomic E-state index is -0.329. The van der Waals surface area contributed by atoms with Crippen molar-refractivity contribution < 1.29 is 13.6 Å². The number of nitrogens with one attached hydrogen (secondary N) is 2. The molecule has 3 aromatic rings. The molecule has 0 aromatic heterocycles. The molecule has 1 aliphatic rings. The molecule has 4 nitrogen and oxygen atoms in total. The first-order chi connectivity index (χ1) is 16.5. The second kappa shape index (κ2) is 11.6.